The zero-order valence-electron chi connectivity index (χ0n) is 9.45. The molecule has 2 rings (SSSR count). The molecule has 4 nitrogen and oxygen atoms in total. The topological polar surface area (TPSA) is 42.7 Å². The molecule has 1 N–H and O–H groups in total. The molecule has 0 radical (unpaired) electrons. The van der Waals surface area contributed by atoms with Gasteiger partial charge in [-0.05, 0) is 19.9 Å². The molecule has 1 saturated carbocycles. The standard InChI is InChI=1S/C11H20N4/c1-12-7-8-15-9-13-11(14-15)10-5-3-2-4-6-10/h9-10,12H,2-8H2,1H3. The van der Waals surface area contributed by atoms with Crippen molar-refractivity contribution < 1.29 is 0 Å². The molecule has 1 aliphatic rings. The zero-order valence-corrected chi connectivity index (χ0v) is 9.45. The predicted octanol–water partition coefficient (Wildman–Crippen LogP) is 1.55. The van der Waals surface area contributed by atoms with Gasteiger partial charge in [0, 0.05) is 12.5 Å². The van der Waals surface area contributed by atoms with Crippen LogP contribution in [0.25, 0.3) is 0 Å². The largest absolute Gasteiger partial charge is 0.318 e. The Balaban J connectivity index is 1.93. The molecule has 0 aliphatic heterocycles. The van der Waals surface area contributed by atoms with Gasteiger partial charge in [0.05, 0.1) is 6.54 Å². The van der Waals surface area contributed by atoms with Crippen molar-refractivity contribution in [2.24, 2.45) is 0 Å². The third-order valence-corrected chi connectivity index (χ3v) is 3.12. The van der Waals surface area contributed by atoms with Crippen molar-refractivity contribution in [1.82, 2.24) is 20.1 Å². The van der Waals surface area contributed by atoms with Gasteiger partial charge in [-0.3, -0.25) is 4.68 Å². The lowest BCUT2D eigenvalue weighted by Gasteiger charge is -2.18. The summed E-state index contributed by atoms with van der Waals surface area (Å²) in [6.07, 6.45) is 8.48. The molecule has 15 heavy (non-hydrogen) atoms. The van der Waals surface area contributed by atoms with Crippen LogP contribution in [0.5, 0.6) is 0 Å². The highest BCUT2D eigenvalue weighted by Gasteiger charge is 2.18. The normalized spacial score (nSPS) is 18.2. The van der Waals surface area contributed by atoms with Crippen LogP contribution in [0.2, 0.25) is 0 Å². The first-order valence-corrected chi connectivity index (χ1v) is 5.94. The smallest absolute Gasteiger partial charge is 0.153 e. The maximum Gasteiger partial charge on any atom is 0.153 e. The number of aromatic nitrogens is 3. The summed E-state index contributed by atoms with van der Waals surface area (Å²) in [4.78, 5) is 4.42. The quantitative estimate of drug-likeness (QED) is 0.816. The van der Waals surface area contributed by atoms with Gasteiger partial charge >= 0.3 is 0 Å². The fourth-order valence-corrected chi connectivity index (χ4v) is 2.19. The van der Waals surface area contributed by atoms with Gasteiger partial charge in [-0.2, -0.15) is 5.10 Å². The van der Waals surface area contributed by atoms with Crippen molar-refractivity contribution in [1.29, 1.82) is 0 Å². The summed E-state index contributed by atoms with van der Waals surface area (Å²) in [5.74, 6) is 1.68. The first-order chi connectivity index (χ1) is 7.40. The maximum atomic E-state index is 4.54. The summed E-state index contributed by atoms with van der Waals surface area (Å²) in [7, 11) is 1.96. The van der Waals surface area contributed by atoms with Crippen LogP contribution in [0.1, 0.15) is 43.8 Å². The lowest BCUT2D eigenvalue weighted by molar-refractivity contribution is 0.425. The van der Waals surface area contributed by atoms with E-state index in [1.807, 2.05) is 18.1 Å². The highest BCUT2D eigenvalue weighted by atomic mass is 15.3. The van der Waals surface area contributed by atoms with Gasteiger partial charge in [-0.25, -0.2) is 4.98 Å². The second kappa shape index (κ2) is 5.26. The number of likely N-dealkylation sites (N-methyl/N-ethyl adjacent to an activating group) is 1. The van der Waals surface area contributed by atoms with E-state index in [0.29, 0.717) is 5.92 Å². The van der Waals surface area contributed by atoms with Crippen LogP contribution in [0, 0.1) is 0 Å². The Morgan fingerprint density at radius 2 is 2.20 bits per heavy atom. The lowest BCUT2D eigenvalue weighted by atomic mass is 9.89. The van der Waals surface area contributed by atoms with Crippen LogP contribution in [-0.2, 0) is 6.54 Å². The summed E-state index contributed by atoms with van der Waals surface area (Å²) in [5, 5.41) is 7.65. The fourth-order valence-electron chi connectivity index (χ4n) is 2.19. The molecule has 0 unspecified atom stereocenters. The molecular weight excluding hydrogens is 188 g/mol. The van der Waals surface area contributed by atoms with E-state index < -0.39 is 0 Å². The third kappa shape index (κ3) is 2.78. The molecule has 1 fully saturated rings. The molecule has 1 heterocycles. The molecule has 0 aromatic carbocycles. The van der Waals surface area contributed by atoms with E-state index in [-0.39, 0.29) is 0 Å². The Hall–Kier alpha value is -0.900. The van der Waals surface area contributed by atoms with E-state index in [0.717, 1.165) is 18.9 Å². The Morgan fingerprint density at radius 3 is 2.93 bits per heavy atom. The summed E-state index contributed by atoms with van der Waals surface area (Å²) in [5.41, 5.74) is 0. The Bertz CT molecular complexity index is 289. The SMILES string of the molecule is CNCCn1cnc(C2CCCCC2)n1. The van der Waals surface area contributed by atoms with Crippen molar-refractivity contribution >= 4 is 0 Å². The molecule has 1 aromatic rings. The highest BCUT2D eigenvalue weighted by Crippen LogP contribution is 2.30. The predicted molar refractivity (Wildman–Crippen MR) is 59.8 cm³/mol. The van der Waals surface area contributed by atoms with Crippen LogP contribution in [0.4, 0.5) is 0 Å². The van der Waals surface area contributed by atoms with Crippen molar-refractivity contribution in [2.75, 3.05) is 13.6 Å². The first-order valence-electron chi connectivity index (χ1n) is 5.94. The summed E-state index contributed by atoms with van der Waals surface area (Å²) in [6, 6.07) is 0. The lowest BCUT2D eigenvalue weighted by Crippen LogP contribution is -2.15. The van der Waals surface area contributed by atoms with E-state index in [1.54, 1.807) is 0 Å². The van der Waals surface area contributed by atoms with Gasteiger partial charge in [0.1, 0.15) is 6.33 Å². The molecule has 0 spiro atoms. The van der Waals surface area contributed by atoms with E-state index in [2.05, 4.69) is 15.4 Å². The average Bonchev–Trinajstić information content (AvgIpc) is 2.76. The van der Waals surface area contributed by atoms with Crippen LogP contribution < -0.4 is 5.32 Å². The van der Waals surface area contributed by atoms with Gasteiger partial charge < -0.3 is 5.32 Å². The summed E-state index contributed by atoms with van der Waals surface area (Å²) < 4.78 is 1.94. The van der Waals surface area contributed by atoms with E-state index in [1.165, 1.54) is 32.1 Å². The highest BCUT2D eigenvalue weighted by molar-refractivity contribution is 4.95. The van der Waals surface area contributed by atoms with Crippen molar-refractivity contribution in [2.45, 2.75) is 44.6 Å². The first kappa shape index (κ1) is 10.6. The number of rotatable bonds is 4. The monoisotopic (exact) mass is 208 g/mol. The van der Waals surface area contributed by atoms with E-state index in [9.17, 15) is 0 Å². The van der Waals surface area contributed by atoms with Crippen LogP contribution in [0.3, 0.4) is 0 Å². The number of nitrogens with zero attached hydrogens (tertiary/aromatic N) is 3. The Morgan fingerprint density at radius 1 is 1.40 bits per heavy atom. The van der Waals surface area contributed by atoms with Crippen LogP contribution >= 0.6 is 0 Å². The second-order valence-electron chi connectivity index (χ2n) is 4.30. The van der Waals surface area contributed by atoms with Crippen molar-refractivity contribution in [3.63, 3.8) is 0 Å². The Labute approximate surface area is 91.1 Å². The van der Waals surface area contributed by atoms with Gasteiger partial charge in [0.25, 0.3) is 0 Å². The van der Waals surface area contributed by atoms with Gasteiger partial charge in [-0.15, -0.1) is 0 Å². The number of hydrogen-bond acceptors (Lipinski definition) is 3. The molecule has 1 aliphatic carbocycles. The summed E-state index contributed by atoms with van der Waals surface area (Å²) in [6.45, 7) is 1.86. The van der Waals surface area contributed by atoms with E-state index >= 15 is 0 Å². The molecule has 84 valence electrons. The average molecular weight is 208 g/mol. The molecule has 0 amide bonds. The minimum atomic E-state index is 0.620. The van der Waals surface area contributed by atoms with Crippen molar-refractivity contribution in [3.05, 3.63) is 12.2 Å². The molecule has 4 heteroatoms. The maximum absolute atomic E-state index is 4.54. The number of hydrogen-bond donors (Lipinski definition) is 1. The molecule has 1 aromatic heterocycles. The Kier molecular flexibility index (Phi) is 3.72. The molecule has 0 saturated heterocycles. The molecular formula is C11H20N4. The van der Waals surface area contributed by atoms with Gasteiger partial charge in [0.2, 0.25) is 0 Å². The third-order valence-electron chi connectivity index (χ3n) is 3.12. The molecule has 0 bridgehead atoms. The molecule has 0 atom stereocenters. The second-order valence-corrected chi connectivity index (χ2v) is 4.30. The van der Waals surface area contributed by atoms with E-state index in [4.69, 9.17) is 0 Å². The minimum Gasteiger partial charge on any atom is -0.318 e. The van der Waals surface area contributed by atoms with Crippen molar-refractivity contribution in [3.8, 4) is 0 Å². The zero-order chi connectivity index (χ0) is 10.5. The number of nitrogens with one attached hydrogen (secondary N) is 1. The fraction of sp³-hybridized carbons (Fsp3) is 0.818. The van der Waals surface area contributed by atoms with Crippen LogP contribution in [-0.4, -0.2) is 28.4 Å². The summed E-state index contributed by atoms with van der Waals surface area (Å²) >= 11 is 0. The van der Waals surface area contributed by atoms with Gasteiger partial charge in [0.15, 0.2) is 5.82 Å². The van der Waals surface area contributed by atoms with Crippen LogP contribution in [0.15, 0.2) is 6.33 Å². The minimum absolute atomic E-state index is 0.620. The van der Waals surface area contributed by atoms with Gasteiger partial charge in [-0.1, -0.05) is 19.3 Å².